The first-order chi connectivity index (χ1) is 12.3. The van der Waals surface area contributed by atoms with E-state index in [9.17, 15) is 13.2 Å². The summed E-state index contributed by atoms with van der Waals surface area (Å²) in [5.41, 5.74) is 2.02. The molecule has 0 bridgehead atoms. The SMILES string of the molecule is CNCCN(C)C(=O)c1ccc(N(C)S(=O)(=O)c2ccc(C)cc2)cc1.Cl. The summed E-state index contributed by atoms with van der Waals surface area (Å²) in [7, 11) is 1.43. The van der Waals surface area contributed by atoms with Crippen LogP contribution >= 0.6 is 12.4 Å². The van der Waals surface area contributed by atoms with Gasteiger partial charge in [0.05, 0.1) is 10.6 Å². The number of anilines is 1. The molecule has 0 saturated carbocycles. The normalized spacial score (nSPS) is 10.8. The number of sulfonamides is 1. The molecule has 0 aliphatic carbocycles. The van der Waals surface area contributed by atoms with Gasteiger partial charge < -0.3 is 10.2 Å². The van der Waals surface area contributed by atoms with Crippen LogP contribution in [-0.2, 0) is 10.0 Å². The molecule has 2 aromatic carbocycles. The molecule has 27 heavy (non-hydrogen) atoms. The lowest BCUT2D eigenvalue weighted by molar-refractivity contribution is 0.0797. The lowest BCUT2D eigenvalue weighted by Gasteiger charge is -2.21. The van der Waals surface area contributed by atoms with Crippen molar-refractivity contribution in [1.82, 2.24) is 10.2 Å². The van der Waals surface area contributed by atoms with Crippen molar-refractivity contribution < 1.29 is 13.2 Å². The van der Waals surface area contributed by atoms with Crippen LogP contribution in [0.3, 0.4) is 0 Å². The average molecular weight is 412 g/mol. The molecule has 0 atom stereocenters. The van der Waals surface area contributed by atoms with Crippen LogP contribution in [0, 0.1) is 6.92 Å². The van der Waals surface area contributed by atoms with Gasteiger partial charge in [0.25, 0.3) is 15.9 Å². The summed E-state index contributed by atoms with van der Waals surface area (Å²) in [4.78, 5) is 14.2. The van der Waals surface area contributed by atoms with Gasteiger partial charge in [-0.2, -0.15) is 0 Å². The van der Waals surface area contributed by atoms with Crippen molar-refractivity contribution in [1.29, 1.82) is 0 Å². The van der Waals surface area contributed by atoms with Crippen molar-refractivity contribution in [2.75, 3.05) is 38.5 Å². The van der Waals surface area contributed by atoms with E-state index in [0.717, 1.165) is 5.56 Å². The van der Waals surface area contributed by atoms with Gasteiger partial charge in [-0.05, 0) is 50.4 Å². The topological polar surface area (TPSA) is 69.7 Å². The van der Waals surface area contributed by atoms with Crippen molar-refractivity contribution >= 4 is 34.0 Å². The van der Waals surface area contributed by atoms with Crippen molar-refractivity contribution in [2.24, 2.45) is 0 Å². The second-order valence-corrected chi connectivity index (χ2v) is 8.13. The number of nitrogens with one attached hydrogen (secondary N) is 1. The number of halogens is 1. The first-order valence-electron chi connectivity index (χ1n) is 8.33. The average Bonchev–Trinajstić information content (AvgIpc) is 2.65. The Bertz CT molecular complexity index is 853. The third kappa shape index (κ3) is 5.45. The Morgan fingerprint density at radius 3 is 2.07 bits per heavy atom. The molecule has 0 heterocycles. The van der Waals surface area contributed by atoms with Crippen molar-refractivity contribution in [2.45, 2.75) is 11.8 Å². The Balaban J connectivity index is 0.00000364. The summed E-state index contributed by atoms with van der Waals surface area (Å²) < 4.78 is 26.7. The maximum absolute atomic E-state index is 12.7. The maximum atomic E-state index is 12.7. The molecular formula is C19H26ClN3O3S. The second kappa shape index (κ2) is 9.73. The number of hydrogen-bond donors (Lipinski definition) is 1. The van der Waals surface area contributed by atoms with E-state index in [2.05, 4.69) is 5.32 Å². The minimum absolute atomic E-state index is 0. The van der Waals surface area contributed by atoms with Gasteiger partial charge in [0, 0.05) is 32.7 Å². The molecule has 2 rings (SSSR count). The molecule has 0 fully saturated rings. The Kier molecular flexibility index (Phi) is 8.27. The fourth-order valence-corrected chi connectivity index (χ4v) is 3.62. The monoisotopic (exact) mass is 411 g/mol. The molecule has 148 valence electrons. The van der Waals surface area contributed by atoms with Gasteiger partial charge in [-0.1, -0.05) is 17.7 Å². The van der Waals surface area contributed by atoms with Crippen LogP contribution in [0.4, 0.5) is 5.69 Å². The van der Waals surface area contributed by atoms with E-state index in [1.807, 2.05) is 14.0 Å². The molecule has 6 nitrogen and oxygen atoms in total. The number of carbonyl (C=O) groups excluding carboxylic acids is 1. The van der Waals surface area contributed by atoms with E-state index in [0.29, 0.717) is 24.3 Å². The lowest BCUT2D eigenvalue weighted by atomic mass is 10.2. The molecule has 0 spiro atoms. The molecule has 2 aromatic rings. The Morgan fingerprint density at radius 1 is 1.00 bits per heavy atom. The van der Waals surface area contributed by atoms with Crippen LogP contribution in [-0.4, -0.2) is 53.5 Å². The molecule has 1 N–H and O–H groups in total. The number of carbonyl (C=O) groups is 1. The summed E-state index contributed by atoms with van der Waals surface area (Å²) in [6, 6.07) is 13.3. The summed E-state index contributed by atoms with van der Waals surface area (Å²) >= 11 is 0. The highest BCUT2D eigenvalue weighted by atomic mass is 35.5. The molecule has 8 heteroatoms. The zero-order chi connectivity index (χ0) is 19.3. The summed E-state index contributed by atoms with van der Waals surface area (Å²) in [6.07, 6.45) is 0. The molecule has 0 aliphatic heterocycles. The number of amides is 1. The fourth-order valence-electron chi connectivity index (χ4n) is 2.42. The smallest absolute Gasteiger partial charge is 0.264 e. The van der Waals surface area contributed by atoms with Crippen LogP contribution in [0.5, 0.6) is 0 Å². The van der Waals surface area contributed by atoms with Gasteiger partial charge >= 0.3 is 0 Å². The van der Waals surface area contributed by atoms with Crippen LogP contribution in [0.25, 0.3) is 0 Å². The highest BCUT2D eigenvalue weighted by Gasteiger charge is 2.21. The lowest BCUT2D eigenvalue weighted by Crippen LogP contribution is -2.32. The Morgan fingerprint density at radius 2 is 1.56 bits per heavy atom. The largest absolute Gasteiger partial charge is 0.340 e. The number of likely N-dealkylation sites (N-methyl/N-ethyl adjacent to an activating group) is 2. The highest BCUT2D eigenvalue weighted by Crippen LogP contribution is 2.23. The number of aryl methyl sites for hydroxylation is 1. The van der Waals surface area contributed by atoms with Gasteiger partial charge in [-0.15, -0.1) is 12.4 Å². The second-order valence-electron chi connectivity index (χ2n) is 6.16. The third-order valence-electron chi connectivity index (χ3n) is 4.20. The van der Waals surface area contributed by atoms with Crippen LogP contribution in [0.1, 0.15) is 15.9 Å². The van der Waals surface area contributed by atoms with E-state index in [4.69, 9.17) is 0 Å². The molecule has 0 aromatic heterocycles. The molecular weight excluding hydrogens is 386 g/mol. The fraction of sp³-hybridized carbons (Fsp3) is 0.316. The molecule has 0 saturated heterocycles. The zero-order valence-electron chi connectivity index (χ0n) is 16.0. The molecule has 0 radical (unpaired) electrons. The predicted molar refractivity (Wildman–Crippen MR) is 111 cm³/mol. The van der Waals surface area contributed by atoms with E-state index in [1.54, 1.807) is 60.5 Å². The number of benzene rings is 2. The minimum atomic E-state index is -3.64. The van der Waals surface area contributed by atoms with Gasteiger partial charge in [-0.25, -0.2) is 8.42 Å². The van der Waals surface area contributed by atoms with Crippen molar-refractivity contribution in [3.63, 3.8) is 0 Å². The first kappa shape index (κ1) is 23.0. The number of rotatable bonds is 7. The highest BCUT2D eigenvalue weighted by molar-refractivity contribution is 7.92. The van der Waals surface area contributed by atoms with Crippen LogP contribution in [0.2, 0.25) is 0 Å². The van der Waals surface area contributed by atoms with Crippen molar-refractivity contribution in [3.8, 4) is 0 Å². The third-order valence-corrected chi connectivity index (χ3v) is 6.00. The number of hydrogen-bond acceptors (Lipinski definition) is 4. The van der Waals surface area contributed by atoms with Gasteiger partial charge in [0.15, 0.2) is 0 Å². The minimum Gasteiger partial charge on any atom is -0.340 e. The summed E-state index contributed by atoms with van der Waals surface area (Å²) in [5, 5.41) is 3.00. The van der Waals surface area contributed by atoms with Gasteiger partial charge in [0.2, 0.25) is 0 Å². The van der Waals surface area contributed by atoms with Crippen LogP contribution in [0.15, 0.2) is 53.4 Å². The molecule has 1 amide bonds. The summed E-state index contributed by atoms with van der Waals surface area (Å²) in [6.45, 7) is 3.21. The Labute approximate surface area is 167 Å². The summed E-state index contributed by atoms with van der Waals surface area (Å²) in [5.74, 6) is -0.101. The van der Waals surface area contributed by atoms with Gasteiger partial charge in [0.1, 0.15) is 0 Å². The predicted octanol–water partition coefficient (Wildman–Crippen LogP) is 2.53. The molecule has 0 unspecified atom stereocenters. The van der Waals surface area contributed by atoms with E-state index >= 15 is 0 Å². The number of nitrogens with zero attached hydrogens (tertiary/aromatic N) is 2. The van der Waals surface area contributed by atoms with Gasteiger partial charge in [-0.3, -0.25) is 9.10 Å². The van der Waals surface area contributed by atoms with E-state index in [1.165, 1.54) is 11.4 Å². The Hall–Kier alpha value is -2.09. The van der Waals surface area contributed by atoms with Crippen LogP contribution < -0.4 is 9.62 Å². The van der Waals surface area contributed by atoms with Crippen molar-refractivity contribution in [3.05, 3.63) is 59.7 Å². The maximum Gasteiger partial charge on any atom is 0.264 e. The first-order valence-corrected chi connectivity index (χ1v) is 9.77. The zero-order valence-corrected chi connectivity index (χ0v) is 17.6. The molecule has 0 aliphatic rings. The van der Waals surface area contributed by atoms with E-state index < -0.39 is 10.0 Å². The van der Waals surface area contributed by atoms with E-state index in [-0.39, 0.29) is 23.2 Å². The quantitative estimate of drug-likeness (QED) is 0.760. The standard InChI is InChI=1S/C19H25N3O3S.ClH/c1-15-5-11-18(12-6-15)26(24,25)22(4)17-9-7-16(8-10-17)19(23)21(3)14-13-20-2;/h5-12,20H,13-14H2,1-4H3;1H.